The summed E-state index contributed by atoms with van der Waals surface area (Å²) in [5.41, 5.74) is 13.0. The molecule has 1 heterocycles. The summed E-state index contributed by atoms with van der Waals surface area (Å²) in [5.74, 6) is 0. The van der Waals surface area contributed by atoms with Crippen LogP contribution in [0, 0.1) is 19.5 Å². The van der Waals surface area contributed by atoms with E-state index in [-0.39, 0.29) is 26.2 Å². The van der Waals surface area contributed by atoms with Gasteiger partial charge in [0.25, 0.3) is 0 Å². The Hall–Kier alpha value is -3.14. The zero-order chi connectivity index (χ0) is 35.7. The van der Waals surface area contributed by atoms with Crippen LogP contribution >= 0.6 is 0 Å². The van der Waals surface area contributed by atoms with Crippen molar-refractivity contribution in [3.8, 4) is 0 Å². The Morgan fingerprint density at radius 2 is 0.804 bits per heavy atom. The molecule has 2 nitrogen and oxygen atoms in total. The fourth-order valence-corrected chi connectivity index (χ4v) is 8.49. The topological polar surface area (TPSA) is 25.8 Å². The SMILES string of the molecule is C1CCCC1.C1CCCC1.CC(=[C-][Si](C)(C)C)c1cnc(C)c(C)n1.[Zr+2].c1ccc([B-](c2ccccc2)(c2ccccc2)c2ccccc2)cc1. The van der Waals surface area contributed by atoms with Crippen LogP contribution in [-0.4, -0.2) is 24.2 Å². The van der Waals surface area contributed by atoms with E-state index >= 15 is 0 Å². The zero-order valence-corrected chi connectivity index (χ0v) is 35.6. The van der Waals surface area contributed by atoms with Crippen LogP contribution in [0.25, 0.3) is 5.57 Å². The second-order valence-corrected chi connectivity index (χ2v) is 19.7. The fourth-order valence-electron chi connectivity index (χ4n) is 7.24. The summed E-state index contributed by atoms with van der Waals surface area (Å²) in [6.45, 7) is 12.8. The number of allylic oxidation sites excluding steroid dienone is 1. The first kappa shape index (κ1) is 42.3. The molecule has 2 fully saturated rings. The maximum absolute atomic E-state index is 4.52. The maximum atomic E-state index is 4.52. The Labute approximate surface area is 330 Å². The number of rotatable bonds is 6. The molecule has 0 amide bonds. The predicted molar refractivity (Wildman–Crippen MR) is 223 cm³/mol. The molecule has 0 atom stereocenters. The maximum Gasteiger partial charge on any atom is 2.00 e. The molecular formula is C46H59BN2SiZr. The Balaban J connectivity index is 0.000000227. The van der Waals surface area contributed by atoms with Gasteiger partial charge in [-0.2, -0.15) is 21.9 Å². The van der Waals surface area contributed by atoms with Gasteiger partial charge in [0.15, 0.2) is 0 Å². The minimum atomic E-state index is -1.29. The molecule has 1 aromatic heterocycles. The summed E-state index contributed by atoms with van der Waals surface area (Å²) >= 11 is 0. The van der Waals surface area contributed by atoms with E-state index in [9.17, 15) is 0 Å². The molecule has 2 aliphatic carbocycles. The monoisotopic (exact) mass is 768 g/mol. The van der Waals surface area contributed by atoms with Crippen molar-refractivity contribution in [1.82, 2.24) is 9.97 Å². The van der Waals surface area contributed by atoms with E-state index in [0.29, 0.717) is 0 Å². The van der Waals surface area contributed by atoms with E-state index in [2.05, 4.69) is 164 Å². The number of aryl methyl sites for hydroxylation is 2. The van der Waals surface area contributed by atoms with Crippen molar-refractivity contribution in [3.63, 3.8) is 0 Å². The Bertz CT molecular complexity index is 1510. The first-order valence-corrected chi connectivity index (χ1v) is 22.5. The Morgan fingerprint density at radius 1 is 0.510 bits per heavy atom. The number of hydrogen-bond donors (Lipinski definition) is 0. The molecular weight excluding hydrogens is 711 g/mol. The second kappa shape index (κ2) is 22.1. The molecule has 0 bridgehead atoms. The van der Waals surface area contributed by atoms with Crippen LogP contribution in [0.4, 0.5) is 0 Å². The number of benzene rings is 4. The van der Waals surface area contributed by atoms with Gasteiger partial charge in [-0.3, -0.25) is 10.7 Å². The molecule has 2 saturated carbocycles. The molecule has 0 unspecified atom stereocenters. The van der Waals surface area contributed by atoms with Crippen molar-refractivity contribution in [3.05, 3.63) is 150 Å². The van der Waals surface area contributed by atoms with E-state index in [1.165, 1.54) is 86.1 Å². The minimum absolute atomic E-state index is 0. The van der Waals surface area contributed by atoms with Crippen LogP contribution in [0.3, 0.4) is 0 Å². The van der Waals surface area contributed by atoms with Gasteiger partial charge in [-0.1, -0.05) is 218 Å². The Kier molecular flexibility index (Phi) is 18.3. The largest absolute Gasteiger partial charge is 2.00 e. The van der Waals surface area contributed by atoms with Gasteiger partial charge in [0.05, 0.1) is 5.69 Å². The third-order valence-corrected chi connectivity index (χ3v) is 11.0. The van der Waals surface area contributed by atoms with Crippen molar-refractivity contribution < 1.29 is 26.2 Å². The third-order valence-electron chi connectivity index (χ3n) is 9.84. The van der Waals surface area contributed by atoms with Crippen LogP contribution in [0.1, 0.15) is 88.2 Å². The van der Waals surface area contributed by atoms with E-state index in [1.807, 2.05) is 20.0 Å². The van der Waals surface area contributed by atoms with Gasteiger partial charge in [0.1, 0.15) is 6.15 Å². The van der Waals surface area contributed by atoms with Crippen molar-refractivity contribution in [1.29, 1.82) is 0 Å². The summed E-state index contributed by atoms with van der Waals surface area (Å²) in [5, 5.41) is 0. The van der Waals surface area contributed by atoms with E-state index in [0.717, 1.165) is 22.7 Å². The molecule has 2 aliphatic rings. The van der Waals surface area contributed by atoms with Crippen molar-refractivity contribution in [2.24, 2.45) is 0 Å². The third kappa shape index (κ3) is 13.1. The van der Waals surface area contributed by atoms with Crippen molar-refractivity contribution in [2.75, 3.05) is 0 Å². The molecule has 0 aliphatic heterocycles. The van der Waals surface area contributed by atoms with Crippen LogP contribution in [-0.2, 0) is 26.2 Å². The average Bonchev–Trinajstić information content (AvgIpc) is 3.92. The van der Waals surface area contributed by atoms with E-state index in [4.69, 9.17) is 0 Å². The molecule has 0 N–H and O–H groups in total. The van der Waals surface area contributed by atoms with E-state index < -0.39 is 14.2 Å². The summed E-state index contributed by atoms with van der Waals surface area (Å²) in [4.78, 5) is 8.84. The summed E-state index contributed by atoms with van der Waals surface area (Å²) in [7, 11) is -1.29. The standard InChI is InChI=1S/C24H20B.C12H19N2Si.2C5H10.Zr/c1-5-13-21(14-6-1)25(22-15-7-2-8-16-22,23-17-9-3-10-18-23)24-19-11-4-12-20-24;1-9(8-15(4,5)6)12-7-13-10(2)11(3)14-12;2*1-2-4-5-3-1;/h1-20H;7H,1-6H3;2*1-5H2;/q2*-1;;;+2. The average molecular weight is 770 g/mol. The fraction of sp³-hybridized carbons (Fsp3) is 0.348. The van der Waals surface area contributed by atoms with Crippen LogP contribution in [0.2, 0.25) is 19.6 Å². The van der Waals surface area contributed by atoms with E-state index in [1.54, 1.807) is 0 Å². The van der Waals surface area contributed by atoms with Gasteiger partial charge in [-0.15, -0.1) is 0 Å². The van der Waals surface area contributed by atoms with Gasteiger partial charge >= 0.3 is 26.2 Å². The quantitative estimate of drug-likeness (QED) is 0.127. The Morgan fingerprint density at radius 3 is 1.06 bits per heavy atom. The first-order valence-electron chi connectivity index (χ1n) is 19.0. The van der Waals surface area contributed by atoms with Gasteiger partial charge in [-0.05, 0) is 28.1 Å². The molecule has 264 valence electrons. The molecule has 7 rings (SSSR count). The molecule has 0 radical (unpaired) electrons. The summed E-state index contributed by atoms with van der Waals surface area (Å²) in [6, 6.07) is 43.5. The van der Waals surface area contributed by atoms with Gasteiger partial charge in [-0.25, -0.2) is 5.57 Å². The molecule has 5 heteroatoms. The molecule has 0 spiro atoms. The minimum Gasteiger partial charge on any atom is -0.345 e. The number of hydrogen-bond acceptors (Lipinski definition) is 2. The summed E-state index contributed by atoms with van der Waals surface area (Å²) in [6.07, 6.45) is 15.6. The van der Waals surface area contributed by atoms with Gasteiger partial charge in [0, 0.05) is 5.69 Å². The zero-order valence-electron chi connectivity index (χ0n) is 32.2. The van der Waals surface area contributed by atoms with Gasteiger partial charge < -0.3 is 4.98 Å². The second-order valence-electron chi connectivity index (χ2n) is 15.0. The first-order chi connectivity index (χ1) is 24.2. The molecule has 4 aromatic carbocycles. The smallest absolute Gasteiger partial charge is 0.345 e. The van der Waals surface area contributed by atoms with Crippen LogP contribution in [0.5, 0.6) is 0 Å². The molecule has 0 saturated heterocycles. The summed E-state index contributed by atoms with van der Waals surface area (Å²) < 4.78 is 0. The van der Waals surface area contributed by atoms with Crippen LogP contribution < -0.4 is 21.9 Å². The normalized spacial score (nSPS) is 14.0. The predicted octanol–water partition coefficient (Wildman–Crippen LogP) is 10.1. The van der Waals surface area contributed by atoms with Crippen LogP contribution in [0.15, 0.2) is 128 Å². The van der Waals surface area contributed by atoms with Crippen molar-refractivity contribution >= 4 is 41.6 Å². The molecule has 51 heavy (non-hydrogen) atoms. The van der Waals surface area contributed by atoms with Gasteiger partial charge in [0.2, 0.25) is 0 Å². The number of nitrogens with zero attached hydrogens (tertiary/aromatic N) is 2. The van der Waals surface area contributed by atoms with Crippen molar-refractivity contribution in [2.45, 2.75) is 105 Å². The number of aromatic nitrogens is 2. The molecule has 5 aromatic rings.